The molecule has 1 aliphatic carbocycles. The predicted octanol–water partition coefficient (Wildman–Crippen LogP) is 6.25. The second-order valence-electron chi connectivity index (χ2n) is 8.42. The van der Waals surface area contributed by atoms with Crippen LogP contribution >= 0.6 is 0 Å². The van der Waals surface area contributed by atoms with Crippen LogP contribution in [0.15, 0.2) is 12.1 Å². The van der Waals surface area contributed by atoms with Crippen LogP contribution < -0.4 is 0 Å². The zero-order valence-electron chi connectivity index (χ0n) is 17.4. The van der Waals surface area contributed by atoms with E-state index < -0.39 is 0 Å². The Bertz CT molecular complexity index is 640. The molecular formula is C24H36O2. The van der Waals surface area contributed by atoms with Crippen LogP contribution in [-0.2, 0) is 11.2 Å². The second-order valence-corrected chi connectivity index (χ2v) is 8.42. The number of Topliss-reactive ketones (excluding diaryl/α,β-unsaturated/α-hetero) is 2. The van der Waals surface area contributed by atoms with E-state index in [0.29, 0.717) is 42.2 Å². The van der Waals surface area contributed by atoms with Crippen molar-refractivity contribution < 1.29 is 9.59 Å². The number of carbonyl (C=O) groups is 2. The molecule has 1 aromatic rings. The van der Waals surface area contributed by atoms with Crippen LogP contribution in [0.3, 0.4) is 0 Å². The molecule has 0 aliphatic heterocycles. The van der Waals surface area contributed by atoms with Crippen molar-refractivity contribution in [2.75, 3.05) is 0 Å². The molecule has 2 unspecified atom stereocenters. The fraction of sp³-hybridized carbons (Fsp3) is 0.667. The maximum Gasteiger partial charge on any atom is 0.163 e. The normalized spacial score (nSPS) is 18.1. The van der Waals surface area contributed by atoms with Crippen LogP contribution in [0.2, 0.25) is 0 Å². The van der Waals surface area contributed by atoms with Crippen molar-refractivity contribution in [2.45, 2.75) is 86.0 Å². The Kier molecular flexibility index (Phi) is 7.61. The summed E-state index contributed by atoms with van der Waals surface area (Å²) in [5.41, 5.74) is 4.68. The summed E-state index contributed by atoms with van der Waals surface area (Å²) >= 11 is 0. The van der Waals surface area contributed by atoms with Crippen LogP contribution in [0.25, 0.3) is 0 Å². The van der Waals surface area contributed by atoms with Crippen molar-refractivity contribution in [3.05, 3.63) is 34.4 Å². The SMILES string of the molecule is CCC(CC)C(CCCC(C)=O)CC1CC(=O)c2c(C)ccc(C)c2C1. The van der Waals surface area contributed by atoms with E-state index in [1.54, 1.807) is 6.92 Å². The number of rotatable bonds is 9. The van der Waals surface area contributed by atoms with Gasteiger partial charge in [0.1, 0.15) is 5.78 Å². The number of fused-ring (bicyclic) bond motifs is 1. The van der Waals surface area contributed by atoms with Gasteiger partial charge in [-0.3, -0.25) is 4.79 Å². The van der Waals surface area contributed by atoms with E-state index in [9.17, 15) is 9.59 Å². The van der Waals surface area contributed by atoms with Crippen molar-refractivity contribution in [3.8, 4) is 0 Å². The first kappa shape index (κ1) is 20.9. The molecule has 2 heteroatoms. The standard InChI is InChI=1S/C24H36O2/c1-6-20(7-2)21(10-8-9-18(5)25)13-19-14-22-16(3)11-12-17(4)24(22)23(26)15-19/h11-12,19-21H,6-10,13-15H2,1-5H3. The third kappa shape index (κ3) is 5.05. The van der Waals surface area contributed by atoms with Gasteiger partial charge in [0.25, 0.3) is 0 Å². The Morgan fingerprint density at radius 2 is 1.73 bits per heavy atom. The van der Waals surface area contributed by atoms with Gasteiger partial charge in [-0.25, -0.2) is 0 Å². The second kappa shape index (κ2) is 9.48. The summed E-state index contributed by atoms with van der Waals surface area (Å²) in [5, 5.41) is 0. The summed E-state index contributed by atoms with van der Waals surface area (Å²) in [5.74, 6) is 2.43. The van der Waals surface area contributed by atoms with Crippen molar-refractivity contribution in [3.63, 3.8) is 0 Å². The number of carbonyl (C=O) groups excluding carboxylic acids is 2. The molecule has 1 aliphatic rings. The Hall–Kier alpha value is -1.44. The van der Waals surface area contributed by atoms with Gasteiger partial charge in [0.2, 0.25) is 0 Å². The fourth-order valence-corrected chi connectivity index (χ4v) is 4.95. The summed E-state index contributed by atoms with van der Waals surface area (Å²) < 4.78 is 0. The molecule has 0 saturated carbocycles. The first-order valence-electron chi connectivity index (χ1n) is 10.5. The fourth-order valence-electron chi connectivity index (χ4n) is 4.95. The van der Waals surface area contributed by atoms with Crippen molar-refractivity contribution in [1.29, 1.82) is 0 Å². The van der Waals surface area contributed by atoms with E-state index in [2.05, 4.69) is 39.8 Å². The van der Waals surface area contributed by atoms with E-state index in [0.717, 1.165) is 36.8 Å². The lowest BCUT2D eigenvalue weighted by Crippen LogP contribution is -2.26. The smallest absolute Gasteiger partial charge is 0.163 e. The summed E-state index contributed by atoms with van der Waals surface area (Å²) in [6.07, 6.45) is 8.05. The van der Waals surface area contributed by atoms with Crippen LogP contribution in [0.1, 0.15) is 92.8 Å². The Morgan fingerprint density at radius 3 is 2.35 bits per heavy atom. The minimum absolute atomic E-state index is 0.293. The van der Waals surface area contributed by atoms with E-state index >= 15 is 0 Å². The molecule has 26 heavy (non-hydrogen) atoms. The van der Waals surface area contributed by atoms with Gasteiger partial charge < -0.3 is 4.79 Å². The van der Waals surface area contributed by atoms with Crippen molar-refractivity contribution in [2.24, 2.45) is 17.8 Å². The monoisotopic (exact) mass is 356 g/mol. The maximum atomic E-state index is 12.8. The molecule has 2 atom stereocenters. The molecule has 0 fully saturated rings. The summed E-state index contributed by atoms with van der Waals surface area (Å²) in [4.78, 5) is 24.1. The van der Waals surface area contributed by atoms with Crippen molar-refractivity contribution >= 4 is 11.6 Å². The molecule has 0 amide bonds. The first-order chi connectivity index (χ1) is 12.4. The minimum Gasteiger partial charge on any atom is -0.300 e. The third-order valence-corrected chi connectivity index (χ3v) is 6.46. The van der Waals surface area contributed by atoms with Crippen LogP contribution in [0, 0.1) is 31.6 Å². The number of benzene rings is 1. The van der Waals surface area contributed by atoms with Gasteiger partial charge in [-0.05, 0) is 80.9 Å². The number of hydrogen-bond acceptors (Lipinski definition) is 2. The molecule has 2 nitrogen and oxygen atoms in total. The zero-order valence-corrected chi connectivity index (χ0v) is 17.4. The zero-order chi connectivity index (χ0) is 19.3. The maximum absolute atomic E-state index is 12.8. The molecule has 0 N–H and O–H groups in total. The van der Waals surface area contributed by atoms with Gasteiger partial charge in [0.15, 0.2) is 5.78 Å². The van der Waals surface area contributed by atoms with Gasteiger partial charge in [-0.15, -0.1) is 0 Å². The number of aryl methyl sites for hydroxylation is 2. The van der Waals surface area contributed by atoms with Gasteiger partial charge in [0.05, 0.1) is 0 Å². The summed E-state index contributed by atoms with van der Waals surface area (Å²) in [7, 11) is 0. The molecule has 0 aromatic heterocycles. The number of hydrogen-bond donors (Lipinski definition) is 0. The summed E-state index contributed by atoms with van der Waals surface area (Å²) in [6.45, 7) is 10.4. The van der Waals surface area contributed by atoms with Crippen LogP contribution in [0.4, 0.5) is 0 Å². The van der Waals surface area contributed by atoms with Crippen LogP contribution in [0.5, 0.6) is 0 Å². The molecule has 2 rings (SSSR count). The summed E-state index contributed by atoms with van der Waals surface area (Å²) in [6, 6.07) is 4.25. The number of ketones is 2. The Labute approximate surface area is 159 Å². The lowest BCUT2D eigenvalue weighted by Gasteiger charge is -2.32. The van der Waals surface area contributed by atoms with Gasteiger partial charge in [-0.1, -0.05) is 38.8 Å². The molecule has 0 spiro atoms. The largest absolute Gasteiger partial charge is 0.300 e. The Balaban J connectivity index is 2.13. The van der Waals surface area contributed by atoms with Gasteiger partial charge in [0, 0.05) is 18.4 Å². The molecule has 0 saturated heterocycles. The Morgan fingerprint density at radius 1 is 1.08 bits per heavy atom. The first-order valence-corrected chi connectivity index (χ1v) is 10.5. The highest BCUT2D eigenvalue weighted by atomic mass is 16.1. The topological polar surface area (TPSA) is 34.1 Å². The van der Waals surface area contributed by atoms with E-state index in [1.807, 2.05) is 0 Å². The highest BCUT2D eigenvalue weighted by Crippen LogP contribution is 2.37. The highest BCUT2D eigenvalue weighted by molar-refractivity contribution is 6.00. The van der Waals surface area contributed by atoms with Crippen molar-refractivity contribution in [1.82, 2.24) is 0 Å². The predicted molar refractivity (Wildman–Crippen MR) is 109 cm³/mol. The van der Waals surface area contributed by atoms with Gasteiger partial charge in [-0.2, -0.15) is 0 Å². The van der Waals surface area contributed by atoms with Crippen LogP contribution in [-0.4, -0.2) is 11.6 Å². The minimum atomic E-state index is 0.293. The average molecular weight is 357 g/mol. The molecule has 1 aromatic carbocycles. The molecule has 144 valence electrons. The molecule has 0 bridgehead atoms. The average Bonchev–Trinajstić information content (AvgIpc) is 2.58. The molecular weight excluding hydrogens is 320 g/mol. The highest BCUT2D eigenvalue weighted by Gasteiger charge is 2.30. The molecule has 0 heterocycles. The third-order valence-electron chi connectivity index (χ3n) is 6.46. The van der Waals surface area contributed by atoms with E-state index in [-0.39, 0.29) is 0 Å². The molecule has 0 radical (unpaired) electrons. The van der Waals surface area contributed by atoms with E-state index in [1.165, 1.54) is 24.0 Å². The van der Waals surface area contributed by atoms with E-state index in [4.69, 9.17) is 0 Å². The van der Waals surface area contributed by atoms with Gasteiger partial charge >= 0.3 is 0 Å². The lowest BCUT2D eigenvalue weighted by molar-refractivity contribution is -0.117. The quantitative estimate of drug-likeness (QED) is 0.524. The lowest BCUT2D eigenvalue weighted by atomic mass is 9.72.